The minimum atomic E-state index is -0.676. The van der Waals surface area contributed by atoms with Crippen molar-refractivity contribution in [2.24, 2.45) is 12.8 Å². The number of carbonyl (C=O) groups is 2. The van der Waals surface area contributed by atoms with Gasteiger partial charge in [-0.25, -0.2) is 9.78 Å². The molecule has 0 atom stereocenters. The number of hydrogen-bond donors (Lipinski definition) is 2. The number of ether oxygens (including phenoxy) is 1. The molecule has 0 aliphatic heterocycles. The van der Waals surface area contributed by atoms with Gasteiger partial charge in [-0.3, -0.25) is 5.41 Å². The lowest BCUT2D eigenvalue weighted by Crippen LogP contribution is -2.55. The number of nitrogen functional groups attached to an aromatic ring is 1. The number of hydrogen-bond acceptors (Lipinski definition) is 5. The van der Waals surface area contributed by atoms with E-state index in [0.29, 0.717) is 24.8 Å². The Morgan fingerprint density at radius 3 is 2.42 bits per heavy atom. The van der Waals surface area contributed by atoms with Gasteiger partial charge in [-0.2, -0.15) is 9.28 Å². The van der Waals surface area contributed by atoms with Gasteiger partial charge in [-0.15, -0.1) is 0 Å². The number of amidine groups is 1. The highest BCUT2D eigenvalue weighted by Crippen LogP contribution is 2.51. The molecule has 8 heteroatoms. The number of carbonyl (C=O) groups excluding carboxylic acids is 2. The summed E-state index contributed by atoms with van der Waals surface area (Å²) in [5, 5.41) is 7.53. The predicted octanol–water partition coefficient (Wildman–Crippen LogP) is 3.24. The highest BCUT2D eigenvalue weighted by atomic mass is 16.6. The van der Waals surface area contributed by atoms with Crippen molar-refractivity contribution >= 4 is 28.9 Å². The summed E-state index contributed by atoms with van der Waals surface area (Å²) in [4.78, 5) is 30.7. The first kappa shape index (κ1) is 22.7. The summed E-state index contributed by atoms with van der Waals surface area (Å²) >= 11 is 0. The molecule has 3 aromatic rings. The van der Waals surface area contributed by atoms with Gasteiger partial charge in [0.15, 0.2) is 0 Å². The summed E-state index contributed by atoms with van der Waals surface area (Å²) in [6, 6.07) is 13.5. The number of quaternary nitrogens is 1. The van der Waals surface area contributed by atoms with E-state index in [9.17, 15) is 9.59 Å². The number of aryl methyl sites for hydroxylation is 1. The fourth-order valence-electron chi connectivity index (χ4n) is 4.34. The molecule has 4 rings (SSSR count). The number of rotatable bonds is 6. The third-order valence-electron chi connectivity index (χ3n) is 6.54. The zero-order valence-electron chi connectivity index (χ0n) is 19.5. The Hall–Kier alpha value is -3.52. The zero-order valence-corrected chi connectivity index (χ0v) is 19.5. The first-order valence-electron chi connectivity index (χ1n) is 11.1. The monoisotopic (exact) mass is 448 g/mol. The van der Waals surface area contributed by atoms with Crippen LogP contribution in [0.1, 0.15) is 42.3 Å². The molecule has 172 valence electrons. The molecule has 3 N–H and O–H groups in total. The van der Waals surface area contributed by atoms with Crippen LogP contribution in [0.15, 0.2) is 42.5 Å². The standard InChI is InChI=1S/C25H30N5O3/c1-5-33-24(32)30(3,4)23(31)25(12-13-25)18-10-11-20-19(15-18)28-21(29(20)2)14-16-6-8-17(9-7-16)22(26)27/h6-11,15H,5,12-14H2,1-4H3,(H3,26,27)/q+1. The van der Waals surface area contributed by atoms with Crippen LogP contribution in [0.5, 0.6) is 0 Å². The molecule has 33 heavy (non-hydrogen) atoms. The molecule has 0 saturated heterocycles. The van der Waals surface area contributed by atoms with Crippen LogP contribution in [-0.4, -0.2) is 52.6 Å². The van der Waals surface area contributed by atoms with Crippen molar-refractivity contribution in [2.75, 3.05) is 20.7 Å². The van der Waals surface area contributed by atoms with Crippen LogP contribution in [-0.2, 0) is 28.4 Å². The number of amides is 2. The van der Waals surface area contributed by atoms with E-state index in [1.165, 1.54) is 0 Å². The lowest BCUT2D eigenvalue weighted by Gasteiger charge is -2.27. The molecular formula is C25H30N5O3+. The summed E-state index contributed by atoms with van der Waals surface area (Å²) in [6.07, 6.45) is 1.52. The Morgan fingerprint density at radius 2 is 1.85 bits per heavy atom. The maximum Gasteiger partial charge on any atom is 0.523 e. The normalized spacial score (nSPS) is 14.8. The molecule has 0 bridgehead atoms. The van der Waals surface area contributed by atoms with E-state index in [1.54, 1.807) is 21.0 Å². The Balaban J connectivity index is 1.63. The summed E-state index contributed by atoms with van der Waals surface area (Å²) in [7, 11) is 5.16. The summed E-state index contributed by atoms with van der Waals surface area (Å²) < 4.78 is 6.75. The van der Waals surface area contributed by atoms with E-state index in [2.05, 4.69) is 4.57 Å². The Kier molecular flexibility index (Phi) is 5.57. The number of fused-ring (bicyclic) bond motifs is 1. The van der Waals surface area contributed by atoms with Gasteiger partial charge in [-0.1, -0.05) is 30.3 Å². The van der Waals surface area contributed by atoms with Crippen LogP contribution < -0.4 is 5.73 Å². The van der Waals surface area contributed by atoms with Crippen LogP contribution >= 0.6 is 0 Å². The number of imidazole rings is 1. The molecule has 0 spiro atoms. The van der Waals surface area contributed by atoms with Gasteiger partial charge in [0.25, 0.3) is 0 Å². The average Bonchev–Trinajstić information content (AvgIpc) is 3.54. The maximum atomic E-state index is 13.4. The van der Waals surface area contributed by atoms with Gasteiger partial charge in [0.05, 0.1) is 31.7 Å². The van der Waals surface area contributed by atoms with E-state index in [1.807, 2.05) is 49.5 Å². The maximum absolute atomic E-state index is 13.4. The number of nitrogens with zero attached hydrogens (tertiary/aromatic N) is 3. The molecule has 1 aliphatic carbocycles. The molecule has 1 fully saturated rings. The second-order valence-electron chi connectivity index (χ2n) is 9.12. The number of likely N-dealkylation sites (N-methyl/N-ethyl adjacent to an activating group) is 1. The van der Waals surface area contributed by atoms with Crippen LogP contribution in [0.4, 0.5) is 4.79 Å². The smallest absolute Gasteiger partial charge is 0.420 e. The molecule has 2 amide bonds. The number of nitrogens with two attached hydrogens (primary N) is 1. The largest absolute Gasteiger partial charge is 0.523 e. The summed E-state index contributed by atoms with van der Waals surface area (Å²) in [5.41, 5.74) is 9.33. The second kappa shape index (κ2) is 8.12. The molecule has 0 radical (unpaired) electrons. The number of benzene rings is 2. The molecular weight excluding hydrogens is 418 g/mol. The van der Waals surface area contributed by atoms with Gasteiger partial charge in [0, 0.05) is 19.0 Å². The van der Waals surface area contributed by atoms with Crippen molar-refractivity contribution in [1.82, 2.24) is 9.55 Å². The Morgan fingerprint density at radius 1 is 1.18 bits per heavy atom. The topological polar surface area (TPSA) is 111 Å². The van der Waals surface area contributed by atoms with Crippen molar-refractivity contribution in [1.29, 1.82) is 5.41 Å². The Bertz CT molecular complexity index is 1250. The molecule has 8 nitrogen and oxygen atoms in total. The third kappa shape index (κ3) is 3.91. The molecule has 1 heterocycles. The van der Waals surface area contributed by atoms with Gasteiger partial charge in [0.2, 0.25) is 0 Å². The van der Waals surface area contributed by atoms with Crippen LogP contribution in [0.2, 0.25) is 0 Å². The SMILES string of the molecule is CCOC(=O)[N+](C)(C)C(=O)C1(c2ccc3c(c2)nc(Cc2ccc(C(=N)N)cc2)n3C)CC1. The summed E-state index contributed by atoms with van der Waals surface area (Å²) in [6.45, 7) is 1.97. The lowest BCUT2D eigenvalue weighted by atomic mass is 9.93. The average molecular weight is 449 g/mol. The van der Waals surface area contributed by atoms with Gasteiger partial charge in [-0.05, 0) is 43.0 Å². The molecule has 1 aromatic heterocycles. The van der Waals surface area contributed by atoms with Crippen molar-refractivity contribution in [2.45, 2.75) is 31.6 Å². The van der Waals surface area contributed by atoms with Crippen molar-refractivity contribution in [3.63, 3.8) is 0 Å². The van der Waals surface area contributed by atoms with Crippen LogP contribution in [0, 0.1) is 5.41 Å². The second-order valence-corrected chi connectivity index (χ2v) is 9.12. The Labute approximate surface area is 193 Å². The van der Waals surface area contributed by atoms with E-state index in [0.717, 1.165) is 28.0 Å². The van der Waals surface area contributed by atoms with Gasteiger partial charge < -0.3 is 15.0 Å². The molecule has 0 unspecified atom stereocenters. The van der Waals surface area contributed by atoms with Gasteiger partial charge >= 0.3 is 12.0 Å². The minimum absolute atomic E-state index is 0.0464. The van der Waals surface area contributed by atoms with Crippen molar-refractivity contribution in [3.8, 4) is 0 Å². The number of nitrogens with one attached hydrogen (secondary N) is 1. The highest BCUT2D eigenvalue weighted by Gasteiger charge is 2.60. The van der Waals surface area contributed by atoms with E-state index in [4.69, 9.17) is 20.9 Å². The van der Waals surface area contributed by atoms with Crippen LogP contribution in [0.3, 0.4) is 0 Å². The molecule has 1 saturated carbocycles. The van der Waals surface area contributed by atoms with Crippen molar-refractivity contribution in [3.05, 3.63) is 65.0 Å². The van der Waals surface area contributed by atoms with Crippen LogP contribution in [0.25, 0.3) is 11.0 Å². The third-order valence-corrected chi connectivity index (χ3v) is 6.54. The first-order chi connectivity index (χ1) is 15.6. The zero-order chi connectivity index (χ0) is 24.0. The van der Waals surface area contributed by atoms with Gasteiger partial charge in [0.1, 0.15) is 17.1 Å². The molecule has 1 aliphatic rings. The fourth-order valence-corrected chi connectivity index (χ4v) is 4.34. The fraction of sp³-hybridized carbons (Fsp3) is 0.360. The number of aromatic nitrogens is 2. The minimum Gasteiger partial charge on any atom is -0.420 e. The molecule has 2 aromatic carbocycles. The van der Waals surface area contributed by atoms with Crippen molar-refractivity contribution < 1.29 is 18.8 Å². The predicted molar refractivity (Wildman–Crippen MR) is 126 cm³/mol. The lowest BCUT2D eigenvalue weighted by molar-refractivity contribution is -0.740. The van der Waals surface area contributed by atoms with E-state index in [-0.39, 0.29) is 18.3 Å². The first-order valence-corrected chi connectivity index (χ1v) is 11.1. The quantitative estimate of drug-likeness (QED) is 0.342. The highest BCUT2D eigenvalue weighted by molar-refractivity contribution is 5.95. The van der Waals surface area contributed by atoms with E-state index >= 15 is 0 Å². The van der Waals surface area contributed by atoms with E-state index < -0.39 is 16.0 Å². The summed E-state index contributed by atoms with van der Waals surface area (Å²) in [5.74, 6) is 0.795. The number of imide groups is 1.